The molecule has 1 fully saturated rings. The first-order valence-electron chi connectivity index (χ1n) is 5.27. The van der Waals surface area contributed by atoms with Gasteiger partial charge in [0, 0.05) is 24.6 Å². The summed E-state index contributed by atoms with van der Waals surface area (Å²) in [6.07, 6.45) is 6.66. The molecule has 0 radical (unpaired) electrons. The van der Waals surface area contributed by atoms with E-state index in [0.717, 1.165) is 19.7 Å². The van der Waals surface area contributed by atoms with Crippen LogP contribution >= 0.6 is 0 Å². The average Bonchev–Trinajstić information content (AvgIpc) is 2.72. The molecule has 0 bridgehead atoms. The molecule has 14 heavy (non-hydrogen) atoms. The van der Waals surface area contributed by atoms with Crippen molar-refractivity contribution in [3.63, 3.8) is 0 Å². The Labute approximate surface area is 84.5 Å². The highest BCUT2D eigenvalue weighted by molar-refractivity contribution is 5.06. The van der Waals surface area contributed by atoms with Crippen LogP contribution in [0.15, 0.2) is 24.5 Å². The number of rotatable bonds is 4. The maximum atomic E-state index is 5.54. The molecule has 76 valence electrons. The number of ether oxygens (including phenoxy) is 1. The minimum absolute atomic E-state index is 0.478. The van der Waals surface area contributed by atoms with E-state index in [1.165, 1.54) is 18.4 Å². The third kappa shape index (κ3) is 2.79. The molecular weight excluding hydrogens is 176 g/mol. The van der Waals surface area contributed by atoms with Gasteiger partial charge in [-0.15, -0.1) is 0 Å². The zero-order valence-electron chi connectivity index (χ0n) is 8.36. The van der Waals surface area contributed by atoms with Gasteiger partial charge in [0.2, 0.25) is 0 Å². The molecule has 0 aliphatic carbocycles. The van der Waals surface area contributed by atoms with E-state index in [1.54, 1.807) is 0 Å². The van der Waals surface area contributed by atoms with Crippen LogP contribution in [0, 0.1) is 0 Å². The molecule has 0 unspecified atom stereocenters. The minimum atomic E-state index is 0.478. The fourth-order valence-corrected chi connectivity index (χ4v) is 1.78. The Morgan fingerprint density at radius 1 is 1.57 bits per heavy atom. The minimum Gasteiger partial charge on any atom is -0.372 e. The molecule has 2 heterocycles. The van der Waals surface area contributed by atoms with Crippen LogP contribution in [0.3, 0.4) is 0 Å². The highest BCUT2D eigenvalue weighted by Gasteiger charge is 2.16. The molecule has 1 aliphatic rings. The molecule has 1 aromatic rings. The summed E-state index contributed by atoms with van der Waals surface area (Å²) >= 11 is 0. The Balaban J connectivity index is 1.67. The maximum absolute atomic E-state index is 5.54. The predicted octanol–water partition coefficient (Wildman–Crippen LogP) is 0.324. The van der Waals surface area contributed by atoms with Crippen molar-refractivity contribution in [3.05, 3.63) is 30.1 Å². The second-order valence-corrected chi connectivity index (χ2v) is 3.72. The molecule has 0 spiro atoms. The molecule has 3 nitrogen and oxygen atoms in total. The lowest BCUT2D eigenvalue weighted by Gasteiger charge is -2.07. The monoisotopic (exact) mass is 193 g/mol. The predicted molar refractivity (Wildman–Crippen MR) is 53.7 cm³/mol. The zero-order valence-corrected chi connectivity index (χ0v) is 8.36. The number of quaternary nitrogens is 1. The highest BCUT2D eigenvalue weighted by atomic mass is 16.5. The van der Waals surface area contributed by atoms with Gasteiger partial charge >= 0.3 is 0 Å². The Hall–Kier alpha value is -0.930. The van der Waals surface area contributed by atoms with Crippen LogP contribution in [0.25, 0.3) is 0 Å². The van der Waals surface area contributed by atoms with E-state index in [-0.39, 0.29) is 0 Å². The molecule has 3 heteroatoms. The third-order valence-corrected chi connectivity index (χ3v) is 2.56. The van der Waals surface area contributed by atoms with Gasteiger partial charge in [0.25, 0.3) is 0 Å². The molecule has 0 saturated carbocycles. The van der Waals surface area contributed by atoms with Crippen LogP contribution in [-0.4, -0.2) is 24.2 Å². The summed E-state index contributed by atoms with van der Waals surface area (Å²) in [7, 11) is 0. The Bertz CT molecular complexity index is 257. The van der Waals surface area contributed by atoms with Gasteiger partial charge in [-0.3, -0.25) is 4.98 Å². The second kappa shape index (κ2) is 5.08. The van der Waals surface area contributed by atoms with Crippen LogP contribution in [-0.2, 0) is 11.3 Å². The quantitative estimate of drug-likeness (QED) is 0.748. The van der Waals surface area contributed by atoms with Crippen molar-refractivity contribution in [2.45, 2.75) is 25.5 Å². The number of nitrogens with two attached hydrogens (primary N) is 1. The lowest BCUT2D eigenvalue weighted by molar-refractivity contribution is -0.676. The molecule has 0 aromatic carbocycles. The van der Waals surface area contributed by atoms with Crippen molar-refractivity contribution in [1.29, 1.82) is 0 Å². The second-order valence-electron chi connectivity index (χ2n) is 3.72. The van der Waals surface area contributed by atoms with Gasteiger partial charge in [0.15, 0.2) is 0 Å². The number of hydrogen-bond donors (Lipinski definition) is 1. The molecule has 2 rings (SSSR count). The van der Waals surface area contributed by atoms with E-state index in [2.05, 4.69) is 16.4 Å². The SMILES string of the molecule is c1cncc(C[NH2+]C[C@H]2CCCO2)c1. The Morgan fingerprint density at radius 3 is 3.29 bits per heavy atom. The first-order chi connectivity index (χ1) is 6.95. The fourth-order valence-electron chi connectivity index (χ4n) is 1.78. The molecule has 1 aromatic heterocycles. The molecule has 1 saturated heterocycles. The van der Waals surface area contributed by atoms with Gasteiger partial charge in [-0.1, -0.05) is 6.07 Å². The van der Waals surface area contributed by atoms with Crippen molar-refractivity contribution in [1.82, 2.24) is 4.98 Å². The van der Waals surface area contributed by atoms with Crippen LogP contribution in [0.5, 0.6) is 0 Å². The number of pyridine rings is 1. The zero-order chi connectivity index (χ0) is 9.64. The molecular formula is C11H17N2O+. The van der Waals surface area contributed by atoms with Crippen LogP contribution in [0.4, 0.5) is 0 Å². The lowest BCUT2D eigenvalue weighted by Crippen LogP contribution is -2.84. The summed E-state index contributed by atoms with van der Waals surface area (Å²) in [4.78, 5) is 4.08. The van der Waals surface area contributed by atoms with Crippen molar-refractivity contribution in [2.24, 2.45) is 0 Å². The van der Waals surface area contributed by atoms with E-state index < -0.39 is 0 Å². The van der Waals surface area contributed by atoms with E-state index in [4.69, 9.17) is 4.74 Å². The Kier molecular flexibility index (Phi) is 3.49. The molecule has 1 aliphatic heterocycles. The summed E-state index contributed by atoms with van der Waals surface area (Å²) < 4.78 is 5.54. The standard InChI is InChI=1S/C11H16N2O/c1-3-10(7-12-5-1)8-13-9-11-4-2-6-14-11/h1,3,5,7,11,13H,2,4,6,8-9H2/p+1/t11-/m1/s1. The molecule has 2 N–H and O–H groups in total. The average molecular weight is 193 g/mol. The van der Waals surface area contributed by atoms with Crippen LogP contribution < -0.4 is 5.32 Å². The molecule has 1 atom stereocenters. The van der Waals surface area contributed by atoms with Gasteiger partial charge < -0.3 is 10.1 Å². The third-order valence-electron chi connectivity index (χ3n) is 2.56. The topological polar surface area (TPSA) is 38.7 Å². The fraction of sp³-hybridized carbons (Fsp3) is 0.545. The van der Waals surface area contributed by atoms with Gasteiger partial charge in [0.05, 0.1) is 0 Å². The number of aromatic nitrogens is 1. The van der Waals surface area contributed by atoms with E-state index in [0.29, 0.717) is 6.10 Å². The summed E-state index contributed by atoms with van der Waals surface area (Å²) in [5, 5.41) is 2.30. The van der Waals surface area contributed by atoms with Gasteiger partial charge in [-0.2, -0.15) is 0 Å². The first kappa shape index (κ1) is 9.62. The van der Waals surface area contributed by atoms with Crippen molar-refractivity contribution in [3.8, 4) is 0 Å². The normalized spacial score (nSPS) is 21.3. The maximum Gasteiger partial charge on any atom is 0.106 e. The van der Waals surface area contributed by atoms with Gasteiger partial charge in [-0.05, 0) is 18.9 Å². The summed E-state index contributed by atoms with van der Waals surface area (Å²) in [6, 6.07) is 4.09. The smallest absolute Gasteiger partial charge is 0.106 e. The highest BCUT2D eigenvalue weighted by Crippen LogP contribution is 2.09. The van der Waals surface area contributed by atoms with Crippen molar-refractivity contribution < 1.29 is 10.1 Å². The number of hydrogen-bond acceptors (Lipinski definition) is 2. The number of nitrogens with zero attached hydrogens (tertiary/aromatic N) is 1. The van der Waals surface area contributed by atoms with Crippen LogP contribution in [0.1, 0.15) is 18.4 Å². The molecule has 0 amide bonds. The van der Waals surface area contributed by atoms with E-state index in [1.807, 2.05) is 18.5 Å². The summed E-state index contributed by atoms with van der Waals surface area (Å²) in [5.41, 5.74) is 1.28. The largest absolute Gasteiger partial charge is 0.372 e. The first-order valence-corrected chi connectivity index (χ1v) is 5.27. The summed E-state index contributed by atoms with van der Waals surface area (Å²) in [5.74, 6) is 0. The lowest BCUT2D eigenvalue weighted by atomic mass is 10.2. The van der Waals surface area contributed by atoms with Gasteiger partial charge in [-0.25, -0.2) is 0 Å². The van der Waals surface area contributed by atoms with Crippen LogP contribution in [0.2, 0.25) is 0 Å². The summed E-state index contributed by atoms with van der Waals surface area (Å²) in [6.45, 7) is 3.04. The van der Waals surface area contributed by atoms with Crippen molar-refractivity contribution in [2.75, 3.05) is 13.2 Å². The van der Waals surface area contributed by atoms with Gasteiger partial charge in [0.1, 0.15) is 19.2 Å². The van der Waals surface area contributed by atoms with E-state index in [9.17, 15) is 0 Å². The Morgan fingerprint density at radius 2 is 2.57 bits per heavy atom. The van der Waals surface area contributed by atoms with Crippen molar-refractivity contribution >= 4 is 0 Å². The van der Waals surface area contributed by atoms with E-state index >= 15 is 0 Å².